The molecule has 0 radical (unpaired) electrons. The van der Waals surface area contributed by atoms with E-state index in [-0.39, 0.29) is 24.1 Å². The standard InChI is InChI=1S/C15H21N5O2/c1-10-5-3-4-6-12(10)18-13(21)8-20-9-16-14-11(15(20)22)7-17-19(14)2/h7,9-10,12H,3-6,8H2,1-2H3,(H,18,21)/t10-,12+/m1/s1. The molecule has 3 rings (SSSR count). The number of rotatable bonds is 3. The highest BCUT2D eigenvalue weighted by atomic mass is 16.2. The number of hydrogen-bond acceptors (Lipinski definition) is 4. The molecule has 0 saturated heterocycles. The van der Waals surface area contributed by atoms with Gasteiger partial charge >= 0.3 is 0 Å². The summed E-state index contributed by atoms with van der Waals surface area (Å²) in [4.78, 5) is 28.7. The second-order valence-corrected chi connectivity index (χ2v) is 6.12. The smallest absolute Gasteiger partial charge is 0.264 e. The van der Waals surface area contributed by atoms with Crippen LogP contribution in [-0.2, 0) is 18.4 Å². The van der Waals surface area contributed by atoms with Crippen molar-refractivity contribution in [2.45, 2.75) is 45.2 Å². The maximum Gasteiger partial charge on any atom is 0.264 e. The van der Waals surface area contributed by atoms with E-state index < -0.39 is 0 Å². The summed E-state index contributed by atoms with van der Waals surface area (Å²) in [5.74, 6) is 0.360. The van der Waals surface area contributed by atoms with Crippen LogP contribution in [0.1, 0.15) is 32.6 Å². The van der Waals surface area contributed by atoms with Crippen LogP contribution in [0.3, 0.4) is 0 Å². The van der Waals surface area contributed by atoms with Gasteiger partial charge in [-0.3, -0.25) is 18.8 Å². The first kappa shape index (κ1) is 14.7. The molecule has 2 heterocycles. The van der Waals surface area contributed by atoms with Gasteiger partial charge in [0.15, 0.2) is 5.65 Å². The molecule has 1 aliphatic carbocycles. The van der Waals surface area contributed by atoms with Crippen LogP contribution >= 0.6 is 0 Å². The Labute approximate surface area is 128 Å². The van der Waals surface area contributed by atoms with Crippen LogP contribution in [-0.4, -0.2) is 31.3 Å². The Kier molecular flexibility index (Phi) is 3.96. The Bertz CT molecular complexity index is 748. The number of nitrogens with one attached hydrogen (secondary N) is 1. The minimum Gasteiger partial charge on any atom is -0.352 e. The molecular formula is C15H21N5O2. The minimum absolute atomic E-state index is 0.000111. The molecule has 22 heavy (non-hydrogen) atoms. The Morgan fingerprint density at radius 3 is 2.95 bits per heavy atom. The van der Waals surface area contributed by atoms with E-state index >= 15 is 0 Å². The number of hydrogen-bond donors (Lipinski definition) is 1. The molecule has 0 aromatic carbocycles. The van der Waals surface area contributed by atoms with E-state index in [1.54, 1.807) is 11.7 Å². The predicted octanol–water partition coefficient (Wildman–Crippen LogP) is 0.825. The van der Waals surface area contributed by atoms with Crippen molar-refractivity contribution >= 4 is 16.9 Å². The van der Waals surface area contributed by atoms with Crippen molar-refractivity contribution in [3.8, 4) is 0 Å². The molecule has 1 amide bonds. The third-order valence-corrected chi connectivity index (χ3v) is 4.49. The number of aromatic nitrogens is 4. The Morgan fingerprint density at radius 1 is 1.41 bits per heavy atom. The van der Waals surface area contributed by atoms with Gasteiger partial charge in [-0.2, -0.15) is 5.10 Å². The molecule has 1 saturated carbocycles. The normalized spacial score (nSPS) is 21.9. The van der Waals surface area contributed by atoms with Crippen molar-refractivity contribution in [3.05, 3.63) is 22.9 Å². The highest BCUT2D eigenvalue weighted by Gasteiger charge is 2.23. The molecule has 2 aromatic heterocycles. The average Bonchev–Trinajstić information content (AvgIpc) is 2.87. The lowest BCUT2D eigenvalue weighted by atomic mass is 9.86. The van der Waals surface area contributed by atoms with E-state index in [0.29, 0.717) is 17.0 Å². The van der Waals surface area contributed by atoms with Crippen LogP contribution in [0.25, 0.3) is 11.0 Å². The van der Waals surface area contributed by atoms with Crippen molar-refractivity contribution < 1.29 is 4.79 Å². The van der Waals surface area contributed by atoms with E-state index in [4.69, 9.17) is 0 Å². The minimum atomic E-state index is -0.232. The molecule has 2 atom stereocenters. The Morgan fingerprint density at radius 2 is 2.18 bits per heavy atom. The lowest BCUT2D eigenvalue weighted by molar-refractivity contribution is -0.123. The molecule has 0 aliphatic heterocycles. The van der Waals surface area contributed by atoms with Gasteiger partial charge in [0, 0.05) is 13.1 Å². The summed E-state index contributed by atoms with van der Waals surface area (Å²) in [6, 6.07) is 0.215. The third kappa shape index (κ3) is 2.75. The zero-order valence-corrected chi connectivity index (χ0v) is 13.0. The molecule has 2 aromatic rings. The molecule has 0 unspecified atom stereocenters. The molecule has 0 spiro atoms. The lowest BCUT2D eigenvalue weighted by Gasteiger charge is -2.29. The highest BCUT2D eigenvalue weighted by Crippen LogP contribution is 2.23. The summed E-state index contributed by atoms with van der Waals surface area (Å²) >= 11 is 0. The Hall–Kier alpha value is -2.18. The summed E-state index contributed by atoms with van der Waals surface area (Å²) in [5.41, 5.74) is 0.299. The van der Waals surface area contributed by atoms with Crippen molar-refractivity contribution in [2.24, 2.45) is 13.0 Å². The van der Waals surface area contributed by atoms with Gasteiger partial charge in [0.1, 0.15) is 18.3 Å². The van der Waals surface area contributed by atoms with Gasteiger partial charge in [0.25, 0.3) is 5.56 Å². The molecular weight excluding hydrogens is 282 g/mol. The topological polar surface area (TPSA) is 81.8 Å². The predicted molar refractivity (Wildman–Crippen MR) is 82.3 cm³/mol. The summed E-state index contributed by atoms with van der Waals surface area (Å²) < 4.78 is 2.89. The van der Waals surface area contributed by atoms with Crippen molar-refractivity contribution in [1.29, 1.82) is 0 Å². The third-order valence-electron chi connectivity index (χ3n) is 4.49. The maximum absolute atomic E-state index is 12.3. The number of fused-ring (bicyclic) bond motifs is 1. The molecule has 118 valence electrons. The van der Waals surface area contributed by atoms with Crippen LogP contribution in [0, 0.1) is 5.92 Å². The number of carbonyl (C=O) groups excluding carboxylic acids is 1. The first-order chi connectivity index (χ1) is 10.6. The molecule has 1 N–H and O–H groups in total. The van der Waals surface area contributed by atoms with Crippen molar-refractivity contribution in [3.63, 3.8) is 0 Å². The maximum atomic E-state index is 12.3. The summed E-state index contributed by atoms with van der Waals surface area (Å²) in [7, 11) is 1.73. The van der Waals surface area contributed by atoms with Crippen LogP contribution < -0.4 is 10.9 Å². The van der Waals surface area contributed by atoms with E-state index in [0.717, 1.165) is 19.3 Å². The van der Waals surface area contributed by atoms with Crippen LogP contribution in [0.5, 0.6) is 0 Å². The zero-order valence-electron chi connectivity index (χ0n) is 13.0. The van der Waals surface area contributed by atoms with Gasteiger partial charge in [-0.05, 0) is 18.8 Å². The second-order valence-electron chi connectivity index (χ2n) is 6.12. The Balaban J connectivity index is 1.74. The summed E-state index contributed by atoms with van der Waals surface area (Å²) in [6.07, 6.45) is 7.45. The number of nitrogens with zero attached hydrogens (tertiary/aromatic N) is 4. The van der Waals surface area contributed by atoms with Crippen molar-refractivity contribution in [2.75, 3.05) is 0 Å². The van der Waals surface area contributed by atoms with Crippen LogP contribution in [0.4, 0.5) is 0 Å². The molecule has 1 aliphatic rings. The van der Waals surface area contributed by atoms with E-state index in [9.17, 15) is 9.59 Å². The first-order valence-corrected chi connectivity index (χ1v) is 7.73. The molecule has 7 nitrogen and oxygen atoms in total. The molecule has 7 heteroatoms. The average molecular weight is 303 g/mol. The lowest BCUT2D eigenvalue weighted by Crippen LogP contribution is -2.43. The fourth-order valence-corrected chi connectivity index (χ4v) is 3.12. The fraction of sp³-hybridized carbons (Fsp3) is 0.600. The highest BCUT2D eigenvalue weighted by molar-refractivity contribution is 5.77. The first-order valence-electron chi connectivity index (χ1n) is 7.73. The van der Waals surface area contributed by atoms with Gasteiger partial charge in [0.2, 0.25) is 5.91 Å². The van der Waals surface area contributed by atoms with E-state index in [1.807, 2.05) is 0 Å². The van der Waals surface area contributed by atoms with Gasteiger partial charge in [-0.1, -0.05) is 19.8 Å². The van der Waals surface area contributed by atoms with Crippen LogP contribution in [0.2, 0.25) is 0 Å². The SMILES string of the molecule is C[C@@H]1CCCC[C@@H]1NC(=O)Cn1cnc2c(cnn2C)c1=O. The zero-order chi connectivity index (χ0) is 15.7. The monoisotopic (exact) mass is 303 g/mol. The second kappa shape index (κ2) is 5.90. The summed E-state index contributed by atoms with van der Waals surface area (Å²) in [5, 5.41) is 7.51. The molecule has 1 fully saturated rings. The fourth-order valence-electron chi connectivity index (χ4n) is 3.12. The number of amides is 1. The number of aryl methyl sites for hydroxylation is 1. The largest absolute Gasteiger partial charge is 0.352 e. The number of carbonyl (C=O) groups is 1. The van der Waals surface area contributed by atoms with E-state index in [2.05, 4.69) is 22.3 Å². The molecule has 0 bridgehead atoms. The van der Waals surface area contributed by atoms with Gasteiger partial charge in [0.05, 0.1) is 6.20 Å². The van der Waals surface area contributed by atoms with Gasteiger partial charge in [-0.25, -0.2) is 4.98 Å². The van der Waals surface area contributed by atoms with Crippen molar-refractivity contribution in [1.82, 2.24) is 24.6 Å². The van der Waals surface area contributed by atoms with Crippen LogP contribution in [0.15, 0.2) is 17.3 Å². The van der Waals surface area contributed by atoms with E-state index in [1.165, 1.54) is 23.5 Å². The van der Waals surface area contributed by atoms with Gasteiger partial charge in [-0.15, -0.1) is 0 Å². The summed E-state index contributed by atoms with van der Waals surface area (Å²) in [6.45, 7) is 2.17. The van der Waals surface area contributed by atoms with Gasteiger partial charge < -0.3 is 5.32 Å². The quantitative estimate of drug-likeness (QED) is 0.910.